The van der Waals surface area contributed by atoms with Crippen molar-refractivity contribution >= 4 is 39.8 Å². The van der Waals surface area contributed by atoms with Crippen LogP contribution in [0.25, 0.3) is 16.3 Å². The van der Waals surface area contributed by atoms with Crippen LogP contribution in [0.2, 0.25) is 0 Å². The lowest BCUT2D eigenvalue weighted by atomic mass is 9.97. The van der Waals surface area contributed by atoms with Crippen molar-refractivity contribution in [3.63, 3.8) is 0 Å². The Hall–Kier alpha value is -3.97. The number of methoxy groups -OCH3 is 1. The Labute approximate surface area is 217 Å². The molecule has 1 aliphatic heterocycles. The van der Waals surface area contributed by atoms with Gasteiger partial charge in [0.2, 0.25) is 5.91 Å². The minimum Gasteiger partial charge on any atom is -0.465 e. The molecule has 0 unspecified atom stereocenters. The summed E-state index contributed by atoms with van der Waals surface area (Å²) in [6.45, 7) is 4.51. The number of anilines is 1. The van der Waals surface area contributed by atoms with Crippen molar-refractivity contribution in [2.24, 2.45) is 5.92 Å². The lowest BCUT2D eigenvalue weighted by Crippen LogP contribution is -2.36. The molecule has 0 saturated carbocycles. The SMILES string of the molecule is COC(=O)c1ccc(C(=O)NCC2CCN(C)CC2)cc1NC(=O)/C=C(/C)c1ccc2ccccc2c1. The highest BCUT2D eigenvalue weighted by Crippen LogP contribution is 2.23. The Kier molecular flexibility index (Phi) is 8.36. The molecular weight excluding hydrogens is 466 g/mol. The molecule has 1 aliphatic rings. The third-order valence-electron chi connectivity index (χ3n) is 6.89. The molecule has 1 fully saturated rings. The number of nitrogens with one attached hydrogen (secondary N) is 2. The van der Waals surface area contributed by atoms with Crippen LogP contribution in [0, 0.1) is 5.92 Å². The summed E-state index contributed by atoms with van der Waals surface area (Å²) in [6.07, 6.45) is 3.57. The van der Waals surface area contributed by atoms with Crippen LogP contribution in [-0.2, 0) is 9.53 Å². The van der Waals surface area contributed by atoms with E-state index in [4.69, 9.17) is 4.74 Å². The van der Waals surface area contributed by atoms with Gasteiger partial charge in [0.1, 0.15) is 0 Å². The quantitative estimate of drug-likeness (QED) is 0.362. The maximum atomic E-state index is 12.9. The Morgan fingerprint density at radius 3 is 2.41 bits per heavy atom. The minimum atomic E-state index is -0.594. The van der Waals surface area contributed by atoms with Crippen LogP contribution < -0.4 is 10.6 Å². The average molecular weight is 500 g/mol. The van der Waals surface area contributed by atoms with Crippen molar-refractivity contribution in [2.45, 2.75) is 19.8 Å². The molecule has 1 heterocycles. The van der Waals surface area contributed by atoms with Crippen LogP contribution in [0.1, 0.15) is 46.0 Å². The molecule has 0 radical (unpaired) electrons. The maximum absolute atomic E-state index is 12.9. The number of carbonyl (C=O) groups is 3. The number of allylic oxidation sites excluding steroid dienone is 1. The molecule has 4 rings (SSSR count). The number of esters is 1. The summed E-state index contributed by atoms with van der Waals surface area (Å²) in [5, 5.41) is 7.97. The largest absolute Gasteiger partial charge is 0.465 e. The summed E-state index contributed by atoms with van der Waals surface area (Å²) < 4.78 is 4.88. The minimum absolute atomic E-state index is 0.180. The Balaban J connectivity index is 1.49. The van der Waals surface area contributed by atoms with Crippen LogP contribution in [0.4, 0.5) is 5.69 Å². The van der Waals surface area contributed by atoms with Gasteiger partial charge in [-0.15, -0.1) is 0 Å². The number of fused-ring (bicyclic) bond motifs is 1. The van der Waals surface area contributed by atoms with Gasteiger partial charge in [0.15, 0.2) is 0 Å². The van der Waals surface area contributed by atoms with Gasteiger partial charge in [-0.3, -0.25) is 9.59 Å². The molecule has 0 atom stereocenters. The monoisotopic (exact) mass is 499 g/mol. The fourth-order valence-electron chi connectivity index (χ4n) is 4.57. The van der Waals surface area contributed by atoms with Crippen molar-refractivity contribution in [1.29, 1.82) is 0 Å². The lowest BCUT2D eigenvalue weighted by Gasteiger charge is -2.28. The van der Waals surface area contributed by atoms with E-state index >= 15 is 0 Å². The molecule has 2 amide bonds. The molecule has 0 aliphatic carbocycles. The Bertz CT molecular complexity index is 1340. The summed E-state index contributed by atoms with van der Waals surface area (Å²) in [6, 6.07) is 18.6. The van der Waals surface area contributed by atoms with Gasteiger partial charge in [0.25, 0.3) is 5.91 Å². The summed E-state index contributed by atoms with van der Waals surface area (Å²) in [5.41, 5.74) is 2.47. The van der Waals surface area contributed by atoms with E-state index in [0.29, 0.717) is 18.0 Å². The van der Waals surface area contributed by atoms with E-state index in [0.717, 1.165) is 47.8 Å². The number of nitrogens with zero attached hydrogens (tertiary/aromatic N) is 1. The van der Waals surface area contributed by atoms with Gasteiger partial charge in [-0.25, -0.2) is 4.79 Å². The van der Waals surface area contributed by atoms with Crippen LogP contribution in [0.3, 0.4) is 0 Å². The lowest BCUT2D eigenvalue weighted by molar-refractivity contribution is -0.111. The van der Waals surface area contributed by atoms with Crippen LogP contribution in [0.15, 0.2) is 66.7 Å². The number of rotatable bonds is 7. The summed E-state index contributed by atoms with van der Waals surface area (Å²) in [5.74, 6) is -0.797. The molecule has 3 aromatic rings. The molecular formula is C30H33N3O4. The predicted octanol–water partition coefficient (Wildman–Crippen LogP) is 4.74. The highest BCUT2D eigenvalue weighted by atomic mass is 16.5. The smallest absolute Gasteiger partial charge is 0.339 e. The highest BCUT2D eigenvalue weighted by molar-refractivity contribution is 6.09. The number of carbonyl (C=O) groups excluding carboxylic acids is 3. The van der Waals surface area contributed by atoms with Crippen molar-refractivity contribution in [3.8, 4) is 0 Å². The molecule has 0 bridgehead atoms. The van der Waals surface area contributed by atoms with E-state index in [2.05, 4.69) is 22.6 Å². The van der Waals surface area contributed by atoms with Gasteiger partial charge in [0, 0.05) is 18.2 Å². The number of likely N-dealkylation sites (tertiary alicyclic amines) is 1. The second-order valence-electron chi connectivity index (χ2n) is 9.59. The number of benzene rings is 3. The van der Waals surface area contributed by atoms with Crippen LogP contribution in [0.5, 0.6) is 0 Å². The first-order chi connectivity index (χ1) is 17.8. The zero-order chi connectivity index (χ0) is 26.4. The van der Waals surface area contributed by atoms with Crippen molar-refractivity contribution in [3.05, 3.63) is 83.4 Å². The first kappa shape index (κ1) is 26.1. The molecule has 7 nitrogen and oxygen atoms in total. The highest BCUT2D eigenvalue weighted by Gasteiger charge is 2.20. The maximum Gasteiger partial charge on any atom is 0.339 e. The van der Waals surface area contributed by atoms with E-state index in [1.165, 1.54) is 25.3 Å². The summed E-state index contributed by atoms with van der Waals surface area (Å²) in [4.78, 5) is 40.4. The number of piperidine rings is 1. The van der Waals surface area contributed by atoms with Crippen molar-refractivity contribution in [1.82, 2.24) is 10.2 Å². The second kappa shape index (κ2) is 11.8. The topological polar surface area (TPSA) is 87.7 Å². The van der Waals surface area contributed by atoms with Gasteiger partial charge >= 0.3 is 5.97 Å². The Morgan fingerprint density at radius 2 is 1.68 bits per heavy atom. The number of ether oxygens (including phenoxy) is 1. The molecule has 0 aromatic heterocycles. The molecule has 1 saturated heterocycles. The van der Waals surface area contributed by atoms with Gasteiger partial charge in [0.05, 0.1) is 18.4 Å². The molecule has 0 spiro atoms. The molecule has 2 N–H and O–H groups in total. The second-order valence-corrected chi connectivity index (χ2v) is 9.59. The van der Waals surface area contributed by atoms with E-state index < -0.39 is 11.9 Å². The summed E-state index contributed by atoms with van der Waals surface area (Å²) in [7, 11) is 3.38. The van der Waals surface area contributed by atoms with Gasteiger partial charge in [-0.2, -0.15) is 0 Å². The third-order valence-corrected chi connectivity index (χ3v) is 6.89. The first-order valence-electron chi connectivity index (χ1n) is 12.5. The van der Waals surface area contributed by atoms with Gasteiger partial charge in [-0.1, -0.05) is 36.4 Å². The third kappa shape index (κ3) is 6.62. The fourth-order valence-corrected chi connectivity index (χ4v) is 4.57. The van der Waals surface area contributed by atoms with E-state index in [1.54, 1.807) is 6.07 Å². The van der Waals surface area contributed by atoms with Crippen molar-refractivity contribution < 1.29 is 19.1 Å². The molecule has 192 valence electrons. The van der Waals surface area contributed by atoms with Crippen LogP contribution in [-0.4, -0.2) is 56.5 Å². The first-order valence-corrected chi connectivity index (χ1v) is 12.5. The number of hydrogen-bond donors (Lipinski definition) is 2. The van der Waals surface area contributed by atoms with Crippen LogP contribution >= 0.6 is 0 Å². The van der Waals surface area contributed by atoms with E-state index in [1.807, 2.05) is 49.4 Å². The average Bonchev–Trinajstić information content (AvgIpc) is 2.91. The van der Waals surface area contributed by atoms with E-state index in [-0.39, 0.29) is 17.2 Å². The summed E-state index contributed by atoms with van der Waals surface area (Å²) >= 11 is 0. The number of amides is 2. The standard InChI is InChI=1S/C30H33N3O4/c1-20(23-9-8-22-6-4-5-7-24(22)17-23)16-28(34)32-27-18-25(10-11-26(27)30(36)37-3)29(35)31-19-21-12-14-33(2)15-13-21/h4-11,16-18,21H,12-15,19H2,1-3H3,(H,31,35)(H,32,34)/b20-16-. The zero-order valence-corrected chi connectivity index (χ0v) is 21.5. The normalized spacial score (nSPS) is 14.8. The molecule has 7 heteroatoms. The Morgan fingerprint density at radius 1 is 0.973 bits per heavy atom. The molecule has 37 heavy (non-hydrogen) atoms. The predicted molar refractivity (Wildman–Crippen MR) is 147 cm³/mol. The fraction of sp³-hybridized carbons (Fsp3) is 0.300. The van der Waals surface area contributed by atoms with Gasteiger partial charge in [-0.05, 0) is 92.0 Å². The zero-order valence-electron chi connectivity index (χ0n) is 21.5. The van der Waals surface area contributed by atoms with Gasteiger partial charge < -0.3 is 20.3 Å². The number of hydrogen-bond acceptors (Lipinski definition) is 5. The van der Waals surface area contributed by atoms with E-state index in [9.17, 15) is 14.4 Å². The molecule has 3 aromatic carbocycles. The van der Waals surface area contributed by atoms with Crippen molar-refractivity contribution in [2.75, 3.05) is 39.1 Å².